The summed E-state index contributed by atoms with van der Waals surface area (Å²) in [5.74, 6) is -0.297. The van der Waals surface area contributed by atoms with Crippen LogP contribution in [0.2, 0.25) is 5.02 Å². The van der Waals surface area contributed by atoms with E-state index < -0.39 is 6.04 Å². The van der Waals surface area contributed by atoms with Crippen molar-refractivity contribution in [2.45, 2.75) is 24.9 Å². The van der Waals surface area contributed by atoms with Crippen LogP contribution in [0.15, 0.2) is 96.6 Å². The van der Waals surface area contributed by atoms with Gasteiger partial charge in [-0.1, -0.05) is 78.3 Å². The molecule has 0 N–H and O–H groups in total. The Labute approximate surface area is 196 Å². The topological polar surface area (TPSA) is 63.4 Å². The average molecular weight is 457 g/mol. The van der Waals surface area contributed by atoms with Gasteiger partial charge in [0.15, 0.2) is 0 Å². The summed E-state index contributed by atoms with van der Waals surface area (Å²) in [5, 5.41) is 11.8. The largest absolute Gasteiger partial charge is 0.304 e. The van der Waals surface area contributed by atoms with Gasteiger partial charge in [-0.3, -0.25) is 14.9 Å². The van der Waals surface area contributed by atoms with Crippen LogP contribution in [0.3, 0.4) is 0 Å². The molecular formula is C27H21ClN2O3. The lowest BCUT2D eigenvalue weighted by Gasteiger charge is -2.26. The summed E-state index contributed by atoms with van der Waals surface area (Å²) in [5.41, 5.74) is 5.41. The number of halogens is 1. The van der Waals surface area contributed by atoms with E-state index in [2.05, 4.69) is 6.07 Å². The molecule has 0 bridgehead atoms. The van der Waals surface area contributed by atoms with Crippen LogP contribution < -0.4 is 4.90 Å². The van der Waals surface area contributed by atoms with Crippen molar-refractivity contribution in [2.75, 3.05) is 4.90 Å². The molecule has 1 heterocycles. The molecule has 5 rings (SSSR count). The molecule has 2 atom stereocenters. The van der Waals surface area contributed by atoms with Gasteiger partial charge in [0.2, 0.25) is 6.04 Å². The molecule has 3 aromatic carbocycles. The van der Waals surface area contributed by atoms with Crippen LogP contribution in [0.4, 0.5) is 5.69 Å². The number of amides is 1. The van der Waals surface area contributed by atoms with Gasteiger partial charge in [-0.25, -0.2) is 0 Å². The van der Waals surface area contributed by atoms with Gasteiger partial charge in [-0.15, -0.1) is 0 Å². The SMILES string of the molecule is O=C(C1=CCC([N+](=O)[O-])C=C1)N1Cc2ccccc2C(c2ccccc2Cl)c2ccccc21. The molecule has 1 aliphatic heterocycles. The molecule has 3 aromatic rings. The maximum atomic E-state index is 13.7. The number of hydrogen-bond donors (Lipinski definition) is 0. The Morgan fingerprint density at radius 3 is 2.30 bits per heavy atom. The van der Waals surface area contributed by atoms with Crippen molar-refractivity contribution in [3.05, 3.63) is 134 Å². The minimum Gasteiger partial charge on any atom is -0.304 e. The zero-order valence-electron chi connectivity index (χ0n) is 17.7. The Morgan fingerprint density at radius 1 is 0.939 bits per heavy atom. The molecule has 1 amide bonds. The van der Waals surface area contributed by atoms with E-state index in [1.165, 1.54) is 6.08 Å². The summed E-state index contributed by atoms with van der Waals surface area (Å²) in [4.78, 5) is 26.2. The highest BCUT2D eigenvalue weighted by atomic mass is 35.5. The van der Waals surface area contributed by atoms with Crippen LogP contribution in [-0.2, 0) is 11.3 Å². The molecule has 6 heteroatoms. The third kappa shape index (κ3) is 3.85. The van der Waals surface area contributed by atoms with Crippen LogP contribution in [-0.4, -0.2) is 16.9 Å². The van der Waals surface area contributed by atoms with Crippen molar-refractivity contribution in [1.82, 2.24) is 0 Å². The molecule has 2 unspecified atom stereocenters. The van der Waals surface area contributed by atoms with Gasteiger partial charge in [0, 0.05) is 33.5 Å². The highest BCUT2D eigenvalue weighted by Gasteiger charge is 2.33. The third-order valence-electron chi connectivity index (χ3n) is 6.29. The molecule has 0 saturated heterocycles. The van der Waals surface area contributed by atoms with E-state index >= 15 is 0 Å². The van der Waals surface area contributed by atoms with E-state index in [1.807, 2.05) is 66.7 Å². The van der Waals surface area contributed by atoms with Crippen LogP contribution in [0.25, 0.3) is 0 Å². The number of nitro groups is 1. The summed E-state index contributed by atoms with van der Waals surface area (Å²) in [6.07, 6.45) is 4.95. The smallest absolute Gasteiger partial charge is 0.258 e. The fourth-order valence-corrected chi connectivity index (χ4v) is 4.91. The predicted octanol–water partition coefficient (Wildman–Crippen LogP) is 5.90. The molecule has 5 nitrogen and oxygen atoms in total. The maximum absolute atomic E-state index is 13.7. The number of carbonyl (C=O) groups excluding carboxylic acids is 1. The van der Waals surface area contributed by atoms with E-state index in [4.69, 9.17) is 11.6 Å². The lowest BCUT2D eigenvalue weighted by atomic mass is 9.83. The molecule has 0 radical (unpaired) electrons. The average Bonchev–Trinajstić information content (AvgIpc) is 2.99. The Morgan fingerprint density at radius 2 is 1.61 bits per heavy atom. The molecule has 1 aliphatic carbocycles. The van der Waals surface area contributed by atoms with E-state index in [9.17, 15) is 14.9 Å². The summed E-state index contributed by atoms with van der Waals surface area (Å²) < 4.78 is 0. The Balaban J connectivity index is 1.64. The zero-order valence-corrected chi connectivity index (χ0v) is 18.5. The lowest BCUT2D eigenvalue weighted by Crippen LogP contribution is -2.32. The number of carbonyl (C=O) groups is 1. The molecule has 0 aromatic heterocycles. The Bertz CT molecular complexity index is 1310. The van der Waals surface area contributed by atoms with Crippen molar-refractivity contribution >= 4 is 23.2 Å². The van der Waals surface area contributed by atoms with Crippen LogP contribution >= 0.6 is 11.6 Å². The summed E-state index contributed by atoms with van der Waals surface area (Å²) in [6, 6.07) is 23.0. The number of benzene rings is 3. The highest BCUT2D eigenvalue weighted by Crippen LogP contribution is 2.44. The first kappa shape index (κ1) is 21.2. The molecule has 33 heavy (non-hydrogen) atoms. The first-order valence-corrected chi connectivity index (χ1v) is 11.2. The van der Waals surface area contributed by atoms with Gasteiger partial charge in [0.05, 0.1) is 6.54 Å². The van der Waals surface area contributed by atoms with Crippen LogP contribution in [0, 0.1) is 10.1 Å². The minimum atomic E-state index is -0.789. The van der Waals surface area contributed by atoms with Gasteiger partial charge in [0.1, 0.15) is 0 Å². The second-order valence-electron chi connectivity index (χ2n) is 8.21. The first-order valence-electron chi connectivity index (χ1n) is 10.8. The summed E-state index contributed by atoms with van der Waals surface area (Å²) in [7, 11) is 0. The lowest BCUT2D eigenvalue weighted by molar-refractivity contribution is -0.508. The number of rotatable bonds is 3. The quantitative estimate of drug-likeness (QED) is 0.364. The Kier molecular flexibility index (Phi) is 5.56. The van der Waals surface area contributed by atoms with Gasteiger partial charge in [-0.05, 0) is 46.5 Å². The zero-order chi connectivity index (χ0) is 22.9. The number of nitrogens with zero attached hydrogens (tertiary/aromatic N) is 2. The fourth-order valence-electron chi connectivity index (χ4n) is 4.67. The normalized spacial score (nSPS) is 19.2. The maximum Gasteiger partial charge on any atom is 0.258 e. The molecular weight excluding hydrogens is 436 g/mol. The molecule has 2 aliphatic rings. The monoisotopic (exact) mass is 456 g/mol. The standard InChI is InChI=1S/C27H21ClN2O3/c28-24-11-5-3-9-22(24)26-21-8-2-1-7-19(21)17-29(25-12-6-4-10-23(25)26)27(31)18-13-15-20(16-14-18)30(32)33/h1-15,20,26H,16-17H2. The molecule has 0 fully saturated rings. The van der Waals surface area contributed by atoms with E-state index in [0.29, 0.717) is 17.1 Å². The van der Waals surface area contributed by atoms with Crippen LogP contribution in [0.5, 0.6) is 0 Å². The van der Waals surface area contributed by atoms with E-state index in [-0.39, 0.29) is 23.2 Å². The predicted molar refractivity (Wildman–Crippen MR) is 129 cm³/mol. The van der Waals surface area contributed by atoms with E-state index in [0.717, 1.165) is 27.9 Å². The second-order valence-corrected chi connectivity index (χ2v) is 8.62. The number of para-hydroxylation sites is 1. The number of fused-ring (bicyclic) bond motifs is 2. The van der Waals surface area contributed by atoms with Crippen molar-refractivity contribution in [1.29, 1.82) is 0 Å². The first-order chi connectivity index (χ1) is 16.0. The van der Waals surface area contributed by atoms with Crippen molar-refractivity contribution < 1.29 is 9.72 Å². The molecule has 0 saturated carbocycles. The summed E-state index contributed by atoms with van der Waals surface area (Å²) >= 11 is 6.65. The van der Waals surface area contributed by atoms with Gasteiger partial charge in [-0.2, -0.15) is 0 Å². The molecule has 164 valence electrons. The third-order valence-corrected chi connectivity index (χ3v) is 6.63. The van der Waals surface area contributed by atoms with Crippen molar-refractivity contribution in [3.8, 4) is 0 Å². The fraction of sp³-hybridized carbons (Fsp3) is 0.148. The van der Waals surface area contributed by atoms with Crippen LogP contribution in [0.1, 0.15) is 34.6 Å². The van der Waals surface area contributed by atoms with E-state index in [1.54, 1.807) is 17.1 Å². The number of hydrogen-bond acceptors (Lipinski definition) is 3. The number of anilines is 1. The van der Waals surface area contributed by atoms with Gasteiger partial charge in [0.25, 0.3) is 5.91 Å². The van der Waals surface area contributed by atoms with Gasteiger partial charge < -0.3 is 4.90 Å². The van der Waals surface area contributed by atoms with Crippen molar-refractivity contribution in [3.63, 3.8) is 0 Å². The molecule has 0 spiro atoms. The van der Waals surface area contributed by atoms with Gasteiger partial charge >= 0.3 is 0 Å². The second kappa shape index (κ2) is 8.68. The minimum absolute atomic E-state index is 0.126. The van der Waals surface area contributed by atoms with Crippen molar-refractivity contribution in [2.24, 2.45) is 0 Å². The Hall–Kier alpha value is -3.70. The summed E-state index contributed by atoms with van der Waals surface area (Å²) in [6.45, 7) is 0.400. The highest BCUT2D eigenvalue weighted by molar-refractivity contribution is 6.31.